The first-order chi connectivity index (χ1) is 13.7. The molecule has 6 nitrogen and oxygen atoms in total. The van der Waals surface area contributed by atoms with Crippen molar-refractivity contribution in [3.05, 3.63) is 77.6 Å². The molecule has 1 aliphatic heterocycles. The van der Waals surface area contributed by atoms with Gasteiger partial charge in [-0.2, -0.15) is 5.10 Å². The molecule has 1 aromatic carbocycles. The van der Waals surface area contributed by atoms with Crippen LogP contribution in [0.5, 0.6) is 5.75 Å². The summed E-state index contributed by atoms with van der Waals surface area (Å²) in [5, 5.41) is 7.45. The number of hydrogen-bond acceptors (Lipinski definition) is 4. The number of hydrogen-bond donors (Lipinski definition) is 1. The van der Waals surface area contributed by atoms with Gasteiger partial charge in [0, 0.05) is 49.6 Å². The predicted molar refractivity (Wildman–Crippen MR) is 102 cm³/mol. The molecule has 144 valence electrons. The standard InChI is InChI=1S/C21H21FN4O2/c22-17-4-1-5-19(11-17)28-10-7-18-12-20(25-24-18)16-6-9-26(14-16)21(27)15-3-2-8-23-13-15/h1-5,8,11-13,16H,6-7,9-10,14H2,(H,24,25)/t16-/m1/s1. The lowest BCUT2D eigenvalue weighted by Crippen LogP contribution is -2.28. The lowest BCUT2D eigenvalue weighted by atomic mass is 10.0. The monoisotopic (exact) mass is 380 g/mol. The minimum Gasteiger partial charge on any atom is -0.493 e. The third-order valence-corrected chi connectivity index (χ3v) is 4.89. The Balaban J connectivity index is 1.30. The third kappa shape index (κ3) is 4.19. The molecule has 0 spiro atoms. The molecule has 3 heterocycles. The highest BCUT2D eigenvalue weighted by Gasteiger charge is 2.29. The molecule has 1 amide bonds. The normalized spacial score (nSPS) is 16.3. The largest absolute Gasteiger partial charge is 0.493 e. The zero-order chi connectivity index (χ0) is 19.3. The zero-order valence-corrected chi connectivity index (χ0v) is 15.3. The third-order valence-electron chi connectivity index (χ3n) is 4.89. The van der Waals surface area contributed by atoms with Crippen molar-refractivity contribution in [1.29, 1.82) is 0 Å². The molecule has 1 atom stereocenters. The molecule has 7 heteroatoms. The Morgan fingerprint density at radius 3 is 3.04 bits per heavy atom. The van der Waals surface area contributed by atoms with E-state index in [9.17, 15) is 9.18 Å². The minimum atomic E-state index is -0.312. The highest BCUT2D eigenvalue weighted by molar-refractivity contribution is 5.94. The maximum Gasteiger partial charge on any atom is 0.255 e. The summed E-state index contributed by atoms with van der Waals surface area (Å²) in [6.45, 7) is 1.79. The number of likely N-dealkylation sites (tertiary alicyclic amines) is 1. The number of carbonyl (C=O) groups excluding carboxylic acids is 1. The Labute approximate surface area is 162 Å². The molecule has 0 bridgehead atoms. The van der Waals surface area contributed by atoms with Gasteiger partial charge in [0.15, 0.2) is 0 Å². The van der Waals surface area contributed by atoms with Crippen molar-refractivity contribution >= 4 is 5.91 Å². The van der Waals surface area contributed by atoms with Crippen LogP contribution in [0, 0.1) is 5.82 Å². The molecular formula is C21H21FN4O2. The molecule has 0 saturated carbocycles. The van der Waals surface area contributed by atoms with Crippen LogP contribution >= 0.6 is 0 Å². The molecule has 1 fully saturated rings. The van der Waals surface area contributed by atoms with Gasteiger partial charge in [0.2, 0.25) is 0 Å². The smallest absolute Gasteiger partial charge is 0.255 e. The maximum atomic E-state index is 13.2. The van der Waals surface area contributed by atoms with Crippen molar-refractivity contribution in [1.82, 2.24) is 20.1 Å². The van der Waals surface area contributed by atoms with Gasteiger partial charge in [0.1, 0.15) is 11.6 Å². The Bertz CT molecular complexity index is 944. The Kier molecular flexibility index (Phi) is 5.32. The molecule has 1 saturated heterocycles. The number of benzene rings is 1. The van der Waals surface area contributed by atoms with Gasteiger partial charge in [0.25, 0.3) is 5.91 Å². The van der Waals surface area contributed by atoms with Gasteiger partial charge in [0.05, 0.1) is 17.9 Å². The van der Waals surface area contributed by atoms with Crippen molar-refractivity contribution in [2.24, 2.45) is 0 Å². The van der Waals surface area contributed by atoms with Gasteiger partial charge in [-0.25, -0.2) is 4.39 Å². The number of carbonyl (C=O) groups is 1. The second-order valence-corrected chi connectivity index (χ2v) is 6.85. The fourth-order valence-corrected chi connectivity index (χ4v) is 3.41. The van der Waals surface area contributed by atoms with Crippen LogP contribution in [-0.2, 0) is 6.42 Å². The Hall–Kier alpha value is -3.22. The van der Waals surface area contributed by atoms with E-state index in [0.717, 1.165) is 17.8 Å². The SMILES string of the molecule is O=C(c1cccnc1)N1CC[C@@H](c2cc(CCOc3cccc(F)c3)[nH]n2)C1. The predicted octanol–water partition coefficient (Wildman–Crippen LogP) is 3.20. The van der Waals surface area contributed by atoms with E-state index in [2.05, 4.69) is 15.2 Å². The molecule has 28 heavy (non-hydrogen) atoms. The van der Waals surface area contributed by atoms with Crippen LogP contribution < -0.4 is 4.74 Å². The highest BCUT2D eigenvalue weighted by atomic mass is 19.1. The van der Waals surface area contributed by atoms with Crippen molar-refractivity contribution in [2.45, 2.75) is 18.8 Å². The van der Waals surface area contributed by atoms with E-state index in [4.69, 9.17) is 4.74 Å². The number of nitrogens with one attached hydrogen (secondary N) is 1. The van der Waals surface area contributed by atoms with Crippen LogP contribution in [0.1, 0.15) is 34.1 Å². The summed E-state index contributed by atoms with van der Waals surface area (Å²) in [6.07, 6.45) is 4.79. The number of amides is 1. The zero-order valence-electron chi connectivity index (χ0n) is 15.3. The van der Waals surface area contributed by atoms with Gasteiger partial charge < -0.3 is 9.64 Å². The Morgan fingerprint density at radius 1 is 1.29 bits per heavy atom. The number of pyridine rings is 1. The van der Waals surface area contributed by atoms with Gasteiger partial charge in [-0.15, -0.1) is 0 Å². The van der Waals surface area contributed by atoms with Crippen LogP contribution in [0.25, 0.3) is 0 Å². The summed E-state index contributed by atoms with van der Waals surface area (Å²) in [5.74, 6) is 0.428. The van der Waals surface area contributed by atoms with E-state index < -0.39 is 0 Å². The van der Waals surface area contributed by atoms with E-state index in [1.54, 1.807) is 36.7 Å². The summed E-state index contributed by atoms with van der Waals surface area (Å²) in [6, 6.07) is 11.7. The molecule has 0 radical (unpaired) electrons. The molecule has 4 rings (SSSR count). The molecular weight excluding hydrogens is 359 g/mol. The first-order valence-corrected chi connectivity index (χ1v) is 9.31. The summed E-state index contributed by atoms with van der Waals surface area (Å²) >= 11 is 0. The lowest BCUT2D eigenvalue weighted by molar-refractivity contribution is 0.0790. The van der Waals surface area contributed by atoms with Crippen LogP contribution in [0.3, 0.4) is 0 Å². The van der Waals surface area contributed by atoms with E-state index in [1.807, 2.05) is 11.0 Å². The number of ether oxygens (including phenoxy) is 1. The van der Waals surface area contributed by atoms with Gasteiger partial charge in [-0.1, -0.05) is 6.07 Å². The first-order valence-electron chi connectivity index (χ1n) is 9.31. The molecule has 2 aromatic heterocycles. The average Bonchev–Trinajstić information content (AvgIpc) is 3.38. The molecule has 0 aliphatic carbocycles. The molecule has 0 unspecified atom stereocenters. The first kappa shape index (κ1) is 18.2. The number of nitrogens with zero attached hydrogens (tertiary/aromatic N) is 3. The molecule has 3 aromatic rings. The van der Waals surface area contributed by atoms with Crippen molar-refractivity contribution < 1.29 is 13.9 Å². The number of H-pyrrole nitrogens is 1. The van der Waals surface area contributed by atoms with E-state index >= 15 is 0 Å². The minimum absolute atomic E-state index is 0.00912. The topological polar surface area (TPSA) is 71.1 Å². The second kappa shape index (κ2) is 8.21. The number of halogens is 1. The fourth-order valence-electron chi connectivity index (χ4n) is 3.41. The summed E-state index contributed by atoms with van der Waals surface area (Å²) < 4.78 is 18.7. The van der Waals surface area contributed by atoms with Crippen LogP contribution in [-0.4, -0.2) is 45.7 Å². The van der Waals surface area contributed by atoms with Crippen molar-refractivity contribution in [3.63, 3.8) is 0 Å². The average molecular weight is 380 g/mol. The summed E-state index contributed by atoms with van der Waals surface area (Å²) in [5.41, 5.74) is 2.53. The quantitative estimate of drug-likeness (QED) is 0.713. The van der Waals surface area contributed by atoms with Crippen molar-refractivity contribution in [3.8, 4) is 5.75 Å². The Morgan fingerprint density at radius 2 is 2.21 bits per heavy atom. The van der Waals surface area contributed by atoms with E-state index in [1.165, 1.54) is 12.1 Å². The molecule has 1 N–H and O–H groups in total. The maximum absolute atomic E-state index is 13.2. The number of aromatic amines is 1. The van der Waals surface area contributed by atoms with E-state index in [-0.39, 0.29) is 17.6 Å². The summed E-state index contributed by atoms with van der Waals surface area (Å²) in [7, 11) is 0. The van der Waals surface area contributed by atoms with E-state index in [0.29, 0.717) is 37.4 Å². The van der Waals surface area contributed by atoms with Crippen LogP contribution in [0.4, 0.5) is 4.39 Å². The van der Waals surface area contributed by atoms with Gasteiger partial charge in [-0.3, -0.25) is 14.9 Å². The fraction of sp³-hybridized carbons (Fsp3) is 0.286. The van der Waals surface area contributed by atoms with Gasteiger partial charge in [-0.05, 0) is 36.8 Å². The second-order valence-electron chi connectivity index (χ2n) is 6.85. The number of rotatable bonds is 6. The number of aromatic nitrogens is 3. The van der Waals surface area contributed by atoms with Crippen LogP contribution in [0.15, 0.2) is 54.9 Å². The van der Waals surface area contributed by atoms with Crippen LogP contribution in [0.2, 0.25) is 0 Å². The molecule has 1 aliphatic rings. The summed E-state index contributed by atoms with van der Waals surface area (Å²) in [4.78, 5) is 18.4. The highest BCUT2D eigenvalue weighted by Crippen LogP contribution is 2.27. The van der Waals surface area contributed by atoms with Crippen molar-refractivity contribution in [2.75, 3.05) is 19.7 Å². The lowest BCUT2D eigenvalue weighted by Gasteiger charge is -2.15. The van der Waals surface area contributed by atoms with Gasteiger partial charge >= 0.3 is 0 Å².